The molecule has 0 aromatic carbocycles. The lowest BCUT2D eigenvalue weighted by atomic mass is 9.95. The molecule has 2 rings (SSSR count). The first-order chi connectivity index (χ1) is 8.74. The molecule has 0 unspecified atom stereocenters. The molecule has 0 amide bonds. The normalized spacial score (nSPS) is 16.4. The molecule has 1 saturated carbocycles. The van der Waals surface area contributed by atoms with E-state index in [4.69, 9.17) is 4.98 Å². The van der Waals surface area contributed by atoms with Crippen LogP contribution >= 0.6 is 11.8 Å². The van der Waals surface area contributed by atoms with Crippen LogP contribution < -0.4 is 0 Å². The fraction of sp³-hybridized carbons (Fsp3) is 0.667. The van der Waals surface area contributed by atoms with Crippen LogP contribution in [0.4, 0.5) is 0 Å². The van der Waals surface area contributed by atoms with Crippen molar-refractivity contribution in [1.82, 2.24) is 9.55 Å². The number of aromatic nitrogens is 2. The Morgan fingerprint density at radius 2 is 2.00 bits per heavy atom. The molecule has 2 nitrogen and oxygen atoms in total. The molecule has 0 saturated heterocycles. The minimum atomic E-state index is 0.664. The highest BCUT2D eigenvalue weighted by Crippen LogP contribution is 2.33. The molecule has 1 aromatic rings. The van der Waals surface area contributed by atoms with Crippen LogP contribution in [0.5, 0.6) is 0 Å². The summed E-state index contributed by atoms with van der Waals surface area (Å²) in [5.74, 6) is 6.91. The highest BCUT2D eigenvalue weighted by molar-refractivity contribution is 7.99. The third-order valence-corrected chi connectivity index (χ3v) is 4.58. The van der Waals surface area contributed by atoms with Crippen molar-refractivity contribution in [2.75, 3.05) is 5.75 Å². The molecular weight excluding hydrogens is 240 g/mol. The number of imidazole rings is 1. The zero-order chi connectivity index (χ0) is 13.0. The van der Waals surface area contributed by atoms with Gasteiger partial charge in [0.05, 0.1) is 11.4 Å². The molecule has 1 aliphatic rings. The molecule has 1 heterocycles. The van der Waals surface area contributed by atoms with E-state index in [9.17, 15) is 0 Å². The maximum atomic E-state index is 4.72. The van der Waals surface area contributed by atoms with Crippen molar-refractivity contribution in [1.29, 1.82) is 0 Å². The zero-order valence-corrected chi connectivity index (χ0v) is 12.4. The first-order valence-electron chi connectivity index (χ1n) is 6.82. The zero-order valence-electron chi connectivity index (χ0n) is 11.6. The second-order valence-electron chi connectivity index (χ2n) is 4.94. The number of rotatable bonds is 3. The predicted molar refractivity (Wildman–Crippen MR) is 78.0 cm³/mol. The van der Waals surface area contributed by atoms with E-state index in [0.717, 1.165) is 5.75 Å². The van der Waals surface area contributed by atoms with Crippen LogP contribution in [-0.4, -0.2) is 15.3 Å². The van der Waals surface area contributed by atoms with E-state index in [2.05, 4.69) is 30.3 Å². The van der Waals surface area contributed by atoms with Gasteiger partial charge in [-0.2, -0.15) is 0 Å². The summed E-state index contributed by atoms with van der Waals surface area (Å²) >= 11 is 1.78. The molecule has 0 N–H and O–H groups in total. The van der Waals surface area contributed by atoms with E-state index in [1.165, 1.54) is 48.6 Å². The van der Waals surface area contributed by atoms with Crippen LogP contribution in [0.2, 0.25) is 0 Å². The fourth-order valence-electron chi connectivity index (χ4n) is 2.64. The van der Waals surface area contributed by atoms with Gasteiger partial charge in [0.15, 0.2) is 5.16 Å². The lowest BCUT2D eigenvalue weighted by Gasteiger charge is -2.25. The Hall–Kier alpha value is -0.880. The Bertz CT molecular complexity index is 459. The third-order valence-electron chi connectivity index (χ3n) is 3.74. The highest BCUT2D eigenvalue weighted by atomic mass is 32.2. The van der Waals surface area contributed by atoms with Crippen molar-refractivity contribution in [2.45, 2.75) is 64.1 Å². The molecule has 98 valence electrons. The average Bonchev–Trinajstić information content (AvgIpc) is 2.67. The highest BCUT2D eigenvalue weighted by Gasteiger charge is 2.21. The monoisotopic (exact) mass is 262 g/mol. The average molecular weight is 262 g/mol. The van der Waals surface area contributed by atoms with E-state index in [0.29, 0.717) is 6.04 Å². The summed E-state index contributed by atoms with van der Waals surface area (Å²) in [6.45, 7) is 6.21. The number of nitrogens with zero attached hydrogens (tertiary/aromatic N) is 2. The molecule has 1 fully saturated rings. The summed E-state index contributed by atoms with van der Waals surface area (Å²) < 4.78 is 2.47. The van der Waals surface area contributed by atoms with Crippen molar-refractivity contribution >= 4 is 11.8 Å². The van der Waals surface area contributed by atoms with Gasteiger partial charge in [-0.15, -0.1) is 5.92 Å². The van der Waals surface area contributed by atoms with Gasteiger partial charge in [0, 0.05) is 11.7 Å². The summed E-state index contributed by atoms with van der Waals surface area (Å²) in [5, 5.41) is 1.17. The Morgan fingerprint density at radius 1 is 1.28 bits per heavy atom. The van der Waals surface area contributed by atoms with Gasteiger partial charge in [0.1, 0.15) is 0 Å². The van der Waals surface area contributed by atoms with Crippen molar-refractivity contribution in [3.8, 4) is 11.8 Å². The Balaban J connectivity index is 2.21. The van der Waals surface area contributed by atoms with Crippen LogP contribution in [0, 0.1) is 25.7 Å². The van der Waals surface area contributed by atoms with Gasteiger partial charge in [-0.05, 0) is 33.6 Å². The molecule has 1 aromatic heterocycles. The fourth-order valence-corrected chi connectivity index (χ4v) is 3.61. The van der Waals surface area contributed by atoms with Crippen molar-refractivity contribution in [3.63, 3.8) is 0 Å². The smallest absolute Gasteiger partial charge is 0.169 e. The largest absolute Gasteiger partial charge is 0.320 e. The molecule has 0 spiro atoms. The number of aryl methyl sites for hydroxylation is 1. The van der Waals surface area contributed by atoms with E-state index in [1.807, 2.05) is 6.92 Å². The maximum absolute atomic E-state index is 4.72. The number of hydrogen-bond donors (Lipinski definition) is 0. The molecule has 0 atom stereocenters. The van der Waals surface area contributed by atoms with Gasteiger partial charge in [-0.25, -0.2) is 4.98 Å². The Kier molecular flexibility index (Phi) is 4.77. The first kappa shape index (κ1) is 13.5. The summed E-state index contributed by atoms with van der Waals surface area (Å²) in [6, 6.07) is 0.664. The lowest BCUT2D eigenvalue weighted by molar-refractivity contribution is 0.332. The molecule has 3 heteroatoms. The topological polar surface area (TPSA) is 17.8 Å². The van der Waals surface area contributed by atoms with E-state index < -0.39 is 0 Å². The van der Waals surface area contributed by atoms with Gasteiger partial charge in [0.2, 0.25) is 0 Å². The molecule has 0 aliphatic heterocycles. The molecule has 1 aliphatic carbocycles. The Morgan fingerprint density at radius 3 is 2.67 bits per heavy atom. The SMILES string of the molecule is CC#CCSc1nc(C)c(C)n1C1CCCCC1. The molecular formula is C15H22N2S. The van der Waals surface area contributed by atoms with Crippen LogP contribution in [0.1, 0.15) is 56.5 Å². The van der Waals surface area contributed by atoms with Crippen molar-refractivity contribution in [3.05, 3.63) is 11.4 Å². The van der Waals surface area contributed by atoms with Gasteiger partial charge in [0.25, 0.3) is 0 Å². The maximum Gasteiger partial charge on any atom is 0.169 e. The van der Waals surface area contributed by atoms with E-state index >= 15 is 0 Å². The van der Waals surface area contributed by atoms with Gasteiger partial charge in [-0.1, -0.05) is 36.9 Å². The van der Waals surface area contributed by atoms with Gasteiger partial charge in [-0.3, -0.25) is 0 Å². The van der Waals surface area contributed by atoms with Crippen molar-refractivity contribution < 1.29 is 0 Å². The summed E-state index contributed by atoms with van der Waals surface area (Å²) in [4.78, 5) is 4.72. The predicted octanol–water partition coefficient (Wildman–Crippen LogP) is 4.12. The second kappa shape index (κ2) is 6.33. The van der Waals surface area contributed by atoms with Crippen LogP contribution in [0.25, 0.3) is 0 Å². The summed E-state index contributed by atoms with van der Waals surface area (Å²) in [7, 11) is 0. The third kappa shape index (κ3) is 2.92. The minimum Gasteiger partial charge on any atom is -0.320 e. The van der Waals surface area contributed by atoms with Crippen LogP contribution in [0.3, 0.4) is 0 Å². The standard InChI is InChI=1S/C15H22N2S/c1-4-5-11-18-15-16-12(2)13(3)17(15)14-9-7-6-8-10-14/h14H,6-11H2,1-3H3. The van der Waals surface area contributed by atoms with Gasteiger partial charge >= 0.3 is 0 Å². The minimum absolute atomic E-state index is 0.664. The van der Waals surface area contributed by atoms with Crippen LogP contribution in [-0.2, 0) is 0 Å². The number of hydrogen-bond acceptors (Lipinski definition) is 2. The first-order valence-corrected chi connectivity index (χ1v) is 7.80. The van der Waals surface area contributed by atoms with Crippen molar-refractivity contribution in [2.24, 2.45) is 0 Å². The lowest BCUT2D eigenvalue weighted by Crippen LogP contribution is -2.15. The van der Waals surface area contributed by atoms with Crippen LogP contribution in [0.15, 0.2) is 5.16 Å². The quantitative estimate of drug-likeness (QED) is 0.602. The van der Waals surface area contributed by atoms with E-state index in [-0.39, 0.29) is 0 Å². The summed E-state index contributed by atoms with van der Waals surface area (Å²) in [6.07, 6.45) is 6.74. The molecule has 0 bridgehead atoms. The Labute approximate surface area is 115 Å². The molecule has 0 radical (unpaired) electrons. The van der Waals surface area contributed by atoms with Gasteiger partial charge < -0.3 is 4.57 Å². The summed E-state index contributed by atoms with van der Waals surface area (Å²) in [5.41, 5.74) is 2.52. The second-order valence-corrected chi connectivity index (χ2v) is 5.88. The molecule has 18 heavy (non-hydrogen) atoms. The van der Waals surface area contributed by atoms with E-state index in [1.54, 1.807) is 11.8 Å². The number of thioether (sulfide) groups is 1.